The second-order valence-electron chi connectivity index (χ2n) is 6.94. The highest BCUT2D eigenvalue weighted by atomic mass is 79.9. The smallest absolute Gasteiger partial charge is 0.0875 e. The topological polar surface area (TPSA) is 47.3 Å². The summed E-state index contributed by atoms with van der Waals surface area (Å²) in [4.78, 5) is 0. The Morgan fingerprint density at radius 1 is 1.30 bits per heavy atom. The summed E-state index contributed by atoms with van der Waals surface area (Å²) in [6.07, 6.45) is 0.879. The summed E-state index contributed by atoms with van der Waals surface area (Å²) in [7, 11) is 0. The second kappa shape index (κ2) is 5.00. The minimum atomic E-state index is -0.325. The van der Waals surface area contributed by atoms with Gasteiger partial charge in [-0.2, -0.15) is 0 Å². The molecule has 0 spiro atoms. The van der Waals surface area contributed by atoms with Crippen molar-refractivity contribution in [2.75, 3.05) is 11.9 Å². The Morgan fingerprint density at radius 3 is 2.45 bits per heavy atom. The van der Waals surface area contributed by atoms with Crippen LogP contribution < -0.4 is 11.1 Å². The van der Waals surface area contributed by atoms with Gasteiger partial charge in [0.05, 0.1) is 16.7 Å². The lowest BCUT2D eigenvalue weighted by molar-refractivity contribution is -0.0753. The monoisotopic (exact) mass is 340 g/mol. The van der Waals surface area contributed by atoms with Crippen LogP contribution in [-0.2, 0) is 4.74 Å². The highest BCUT2D eigenvalue weighted by Crippen LogP contribution is 2.46. The molecular formula is C16H25BrN2O. The first-order chi connectivity index (χ1) is 9.11. The molecule has 1 saturated heterocycles. The number of nitrogens with one attached hydrogen (secondary N) is 1. The van der Waals surface area contributed by atoms with Crippen molar-refractivity contribution in [2.24, 2.45) is 5.73 Å². The minimum absolute atomic E-state index is 0.174. The zero-order valence-electron chi connectivity index (χ0n) is 13.0. The first kappa shape index (κ1) is 15.8. The van der Waals surface area contributed by atoms with Crippen LogP contribution in [0.1, 0.15) is 39.7 Å². The molecule has 112 valence electrons. The van der Waals surface area contributed by atoms with Gasteiger partial charge in [-0.25, -0.2) is 0 Å². The van der Waals surface area contributed by atoms with Gasteiger partial charge in [0.2, 0.25) is 0 Å². The lowest BCUT2D eigenvalue weighted by Crippen LogP contribution is -2.57. The fourth-order valence-electron chi connectivity index (χ4n) is 3.32. The number of aryl methyl sites for hydroxylation is 1. The molecule has 0 aliphatic carbocycles. The Balaban J connectivity index is 2.40. The fourth-order valence-corrected chi connectivity index (χ4v) is 3.67. The molecule has 0 amide bonds. The summed E-state index contributed by atoms with van der Waals surface area (Å²) < 4.78 is 7.28. The molecule has 0 saturated carbocycles. The average molecular weight is 341 g/mol. The number of halogens is 1. The van der Waals surface area contributed by atoms with E-state index < -0.39 is 0 Å². The molecule has 1 aliphatic heterocycles. The highest BCUT2D eigenvalue weighted by Gasteiger charge is 2.56. The third-order valence-electron chi connectivity index (χ3n) is 4.26. The quantitative estimate of drug-likeness (QED) is 0.878. The molecular weight excluding hydrogens is 316 g/mol. The van der Waals surface area contributed by atoms with E-state index in [1.807, 2.05) is 0 Å². The molecule has 4 heteroatoms. The molecule has 1 fully saturated rings. The predicted octanol–water partition coefficient (Wildman–Crippen LogP) is 3.84. The molecule has 1 heterocycles. The predicted molar refractivity (Wildman–Crippen MR) is 88.1 cm³/mol. The third kappa shape index (κ3) is 2.74. The number of anilines is 1. The second-order valence-corrected chi connectivity index (χ2v) is 7.80. The number of hydrogen-bond acceptors (Lipinski definition) is 3. The molecule has 3 N–H and O–H groups in total. The Hall–Kier alpha value is -0.580. The maximum absolute atomic E-state index is 6.23. The number of nitrogens with two attached hydrogens (primary N) is 1. The van der Waals surface area contributed by atoms with E-state index in [2.05, 4.69) is 74.1 Å². The SMILES string of the molecule is Cc1ccc(Br)c(NC2(CN)CC(C)(C)OC2(C)C)c1. The molecule has 2 rings (SSSR count). The zero-order valence-corrected chi connectivity index (χ0v) is 14.6. The number of benzene rings is 1. The molecule has 0 bridgehead atoms. The van der Waals surface area contributed by atoms with Crippen molar-refractivity contribution in [2.45, 2.75) is 57.8 Å². The number of ether oxygens (including phenoxy) is 1. The summed E-state index contributed by atoms with van der Waals surface area (Å²) in [5, 5.41) is 3.66. The van der Waals surface area contributed by atoms with Crippen LogP contribution in [0.2, 0.25) is 0 Å². The van der Waals surface area contributed by atoms with Crippen LogP contribution in [0.3, 0.4) is 0 Å². The van der Waals surface area contributed by atoms with E-state index in [1.165, 1.54) is 5.56 Å². The summed E-state index contributed by atoms with van der Waals surface area (Å²) in [6.45, 7) is 11.1. The first-order valence-corrected chi connectivity index (χ1v) is 7.85. The van der Waals surface area contributed by atoms with Crippen molar-refractivity contribution in [3.63, 3.8) is 0 Å². The van der Waals surface area contributed by atoms with E-state index in [4.69, 9.17) is 10.5 Å². The van der Waals surface area contributed by atoms with Gasteiger partial charge in [-0.15, -0.1) is 0 Å². The largest absolute Gasteiger partial charge is 0.374 e. The van der Waals surface area contributed by atoms with Gasteiger partial charge in [-0.05, 0) is 68.2 Å². The van der Waals surface area contributed by atoms with Crippen molar-refractivity contribution in [3.05, 3.63) is 28.2 Å². The number of rotatable bonds is 3. The third-order valence-corrected chi connectivity index (χ3v) is 4.95. The van der Waals surface area contributed by atoms with E-state index in [0.29, 0.717) is 6.54 Å². The Labute approximate surface area is 130 Å². The summed E-state index contributed by atoms with van der Waals surface area (Å²) in [6, 6.07) is 6.29. The minimum Gasteiger partial charge on any atom is -0.374 e. The van der Waals surface area contributed by atoms with E-state index >= 15 is 0 Å². The van der Waals surface area contributed by atoms with Crippen LogP contribution in [0, 0.1) is 6.92 Å². The fraction of sp³-hybridized carbons (Fsp3) is 0.625. The maximum Gasteiger partial charge on any atom is 0.0875 e. The molecule has 0 radical (unpaired) electrons. The Morgan fingerprint density at radius 2 is 1.95 bits per heavy atom. The maximum atomic E-state index is 6.23. The van der Waals surface area contributed by atoms with Gasteiger partial charge in [0, 0.05) is 23.1 Å². The van der Waals surface area contributed by atoms with Gasteiger partial charge < -0.3 is 15.8 Å². The van der Waals surface area contributed by atoms with Crippen LogP contribution in [0.15, 0.2) is 22.7 Å². The summed E-state index contributed by atoms with van der Waals surface area (Å²) >= 11 is 3.61. The normalized spacial score (nSPS) is 27.6. The van der Waals surface area contributed by atoms with Gasteiger partial charge in [0.25, 0.3) is 0 Å². The molecule has 1 unspecified atom stereocenters. The van der Waals surface area contributed by atoms with E-state index in [-0.39, 0.29) is 16.7 Å². The van der Waals surface area contributed by atoms with E-state index in [0.717, 1.165) is 16.6 Å². The molecule has 1 aliphatic rings. The van der Waals surface area contributed by atoms with Crippen molar-refractivity contribution in [1.29, 1.82) is 0 Å². The molecule has 1 atom stereocenters. The molecule has 20 heavy (non-hydrogen) atoms. The van der Waals surface area contributed by atoms with E-state index in [1.54, 1.807) is 0 Å². The zero-order chi connectivity index (χ0) is 15.2. The molecule has 1 aromatic rings. The van der Waals surface area contributed by atoms with Crippen molar-refractivity contribution < 1.29 is 4.74 Å². The molecule has 0 aromatic heterocycles. The highest BCUT2D eigenvalue weighted by molar-refractivity contribution is 9.10. The van der Waals surface area contributed by atoms with Crippen LogP contribution in [0.5, 0.6) is 0 Å². The lowest BCUT2D eigenvalue weighted by atomic mass is 9.78. The van der Waals surface area contributed by atoms with Crippen molar-refractivity contribution in [3.8, 4) is 0 Å². The van der Waals surface area contributed by atoms with Crippen LogP contribution in [0.25, 0.3) is 0 Å². The van der Waals surface area contributed by atoms with Gasteiger partial charge in [-0.3, -0.25) is 0 Å². The first-order valence-electron chi connectivity index (χ1n) is 7.05. The van der Waals surface area contributed by atoms with E-state index in [9.17, 15) is 0 Å². The molecule has 3 nitrogen and oxygen atoms in total. The van der Waals surface area contributed by atoms with Gasteiger partial charge >= 0.3 is 0 Å². The van der Waals surface area contributed by atoms with Crippen LogP contribution in [-0.4, -0.2) is 23.3 Å². The summed E-state index contributed by atoms with van der Waals surface area (Å²) in [5.41, 5.74) is 7.67. The van der Waals surface area contributed by atoms with Gasteiger partial charge in [0.15, 0.2) is 0 Å². The van der Waals surface area contributed by atoms with Crippen molar-refractivity contribution >= 4 is 21.6 Å². The van der Waals surface area contributed by atoms with Crippen LogP contribution in [0.4, 0.5) is 5.69 Å². The number of hydrogen-bond donors (Lipinski definition) is 2. The summed E-state index contributed by atoms with van der Waals surface area (Å²) in [5.74, 6) is 0. The lowest BCUT2D eigenvalue weighted by Gasteiger charge is -2.40. The van der Waals surface area contributed by atoms with Crippen molar-refractivity contribution in [1.82, 2.24) is 0 Å². The Kier molecular flexibility index (Phi) is 3.95. The molecule has 1 aromatic carbocycles. The standard InChI is InChI=1S/C16H25BrN2O/c1-11-6-7-12(17)13(8-11)19-16(10-18)9-14(2,3)20-15(16,4)5/h6-8,19H,9-10,18H2,1-5H3. The van der Waals surface area contributed by atoms with Gasteiger partial charge in [-0.1, -0.05) is 6.07 Å². The van der Waals surface area contributed by atoms with Gasteiger partial charge in [0.1, 0.15) is 0 Å². The average Bonchev–Trinajstić information content (AvgIpc) is 2.49. The Bertz CT molecular complexity index is 513. The van der Waals surface area contributed by atoms with Crippen LogP contribution >= 0.6 is 15.9 Å².